The molecule has 0 spiro atoms. The molecule has 0 fully saturated rings. The number of pyridine rings is 1. The van der Waals surface area contributed by atoms with E-state index >= 15 is 0 Å². The van der Waals surface area contributed by atoms with Gasteiger partial charge in [0, 0.05) is 6.20 Å². The highest BCUT2D eigenvalue weighted by Gasteiger charge is 2.24. The third-order valence-corrected chi connectivity index (χ3v) is 4.30. The third kappa shape index (κ3) is 3.29. The molecule has 0 amide bonds. The van der Waals surface area contributed by atoms with Crippen molar-refractivity contribution < 1.29 is 13.3 Å². The summed E-state index contributed by atoms with van der Waals surface area (Å²) >= 11 is 5.63. The Labute approximate surface area is 125 Å². The molecule has 1 aromatic heterocycles. The molecule has 1 N–H and O–H groups in total. The molecule has 9 heteroatoms. The lowest BCUT2D eigenvalue weighted by molar-refractivity contribution is -0.384. The van der Waals surface area contributed by atoms with Gasteiger partial charge < -0.3 is 0 Å². The standard InChI is InChI=1S/C12H10ClN3O4S/c1-8-2-4-9(5-3-8)21(19,20)15-10-6-7-14-12(13)11(10)16(17)18/h2-7H,1H3,(H,14,15). The molecule has 0 atom stereocenters. The van der Waals surface area contributed by atoms with Crippen LogP contribution in [0.3, 0.4) is 0 Å². The molecule has 2 aromatic rings. The summed E-state index contributed by atoms with van der Waals surface area (Å²) in [7, 11) is -3.94. The van der Waals surface area contributed by atoms with Crippen LogP contribution in [-0.4, -0.2) is 18.3 Å². The minimum Gasteiger partial charge on any atom is -0.273 e. The number of hydrogen-bond acceptors (Lipinski definition) is 5. The summed E-state index contributed by atoms with van der Waals surface area (Å²) in [5.74, 6) is 0. The number of nitrogens with one attached hydrogen (secondary N) is 1. The van der Waals surface area contributed by atoms with Crippen molar-refractivity contribution in [3.63, 3.8) is 0 Å². The van der Waals surface area contributed by atoms with Gasteiger partial charge in [-0.2, -0.15) is 0 Å². The molecule has 1 heterocycles. The van der Waals surface area contributed by atoms with Gasteiger partial charge in [0.2, 0.25) is 5.15 Å². The van der Waals surface area contributed by atoms with Gasteiger partial charge in [0.15, 0.2) is 0 Å². The van der Waals surface area contributed by atoms with Crippen LogP contribution in [0.4, 0.5) is 11.4 Å². The van der Waals surface area contributed by atoms with Gasteiger partial charge in [-0.05, 0) is 25.1 Å². The highest BCUT2D eigenvalue weighted by Crippen LogP contribution is 2.31. The molecule has 21 heavy (non-hydrogen) atoms. The maximum atomic E-state index is 12.2. The van der Waals surface area contributed by atoms with Gasteiger partial charge in [-0.15, -0.1) is 0 Å². The number of benzene rings is 1. The van der Waals surface area contributed by atoms with Crippen LogP contribution in [0.15, 0.2) is 41.4 Å². The molecule has 2 rings (SSSR count). The largest absolute Gasteiger partial charge is 0.330 e. The van der Waals surface area contributed by atoms with Crippen molar-refractivity contribution in [3.8, 4) is 0 Å². The SMILES string of the molecule is Cc1ccc(S(=O)(=O)Nc2ccnc(Cl)c2[N+](=O)[O-])cc1. The fourth-order valence-corrected chi connectivity index (χ4v) is 2.90. The molecule has 0 saturated heterocycles. The van der Waals surface area contributed by atoms with Crippen LogP contribution in [0, 0.1) is 17.0 Å². The van der Waals surface area contributed by atoms with Crippen LogP contribution in [0.2, 0.25) is 5.15 Å². The zero-order valence-corrected chi connectivity index (χ0v) is 12.4. The van der Waals surface area contributed by atoms with Crippen LogP contribution in [-0.2, 0) is 10.0 Å². The quantitative estimate of drug-likeness (QED) is 0.528. The van der Waals surface area contributed by atoms with E-state index in [0.29, 0.717) is 0 Å². The van der Waals surface area contributed by atoms with Gasteiger partial charge in [-0.1, -0.05) is 29.3 Å². The normalized spacial score (nSPS) is 11.1. The van der Waals surface area contributed by atoms with Crippen LogP contribution in [0.5, 0.6) is 0 Å². The lowest BCUT2D eigenvalue weighted by Crippen LogP contribution is -2.14. The van der Waals surface area contributed by atoms with Gasteiger partial charge in [-0.25, -0.2) is 13.4 Å². The molecular formula is C12H10ClN3O4S. The number of sulfonamides is 1. The fourth-order valence-electron chi connectivity index (χ4n) is 1.61. The van der Waals surface area contributed by atoms with Gasteiger partial charge >= 0.3 is 5.69 Å². The molecule has 0 aliphatic rings. The topological polar surface area (TPSA) is 102 Å². The van der Waals surface area contributed by atoms with Crippen molar-refractivity contribution in [1.82, 2.24) is 4.98 Å². The first kappa shape index (κ1) is 15.2. The Bertz CT molecular complexity index is 791. The maximum Gasteiger partial charge on any atom is 0.330 e. The van der Waals surface area contributed by atoms with E-state index < -0.39 is 20.6 Å². The maximum absolute atomic E-state index is 12.2. The van der Waals surface area contributed by atoms with Crippen LogP contribution >= 0.6 is 11.6 Å². The number of rotatable bonds is 4. The lowest BCUT2D eigenvalue weighted by Gasteiger charge is -2.09. The second kappa shape index (κ2) is 5.66. The monoisotopic (exact) mass is 327 g/mol. The first-order valence-electron chi connectivity index (χ1n) is 5.69. The van der Waals surface area contributed by atoms with E-state index in [1.165, 1.54) is 24.4 Å². The first-order valence-corrected chi connectivity index (χ1v) is 7.56. The molecule has 0 saturated carbocycles. The van der Waals surface area contributed by atoms with E-state index in [9.17, 15) is 18.5 Å². The smallest absolute Gasteiger partial charge is 0.273 e. The Hall–Kier alpha value is -2.19. The summed E-state index contributed by atoms with van der Waals surface area (Å²) in [4.78, 5) is 13.7. The summed E-state index contributed by atoms with van der Waals surface area (Å²) in [5.41, 5.74) is 0.0716. The Morgan fingerprint density at radius 3 is 2.43 bits per heavy atom. The van der Waals surface area contributed by atoms with Gasteiger partial charge in [0.05, 0.1) is 9.82 Å². The van der Waals surface area contributed by atoms with Gasteiger partial charge in [0.25, 0.3) is 10.0 Å². The molecular weight excluding hydrogens is 318 g/mol. The van der Waals surface area contributed by atoms with E-state index in [2.05, 4.69) is 9.71 Å². The lowest BCUT2D eigenvalue weighted by atomic mass is 10.2. The van der Waals surface area contributed by atoms with E-state index in [1.54, 1.807) is 12.1 Å². The summed E-state index contributed by atoms with van der Waals surface area (Å²) in [5, 5.41) is 10.6. The summed E-state index contributed by atoms with van der Waals surface area (Å²) in [6.45, 7) is 1.82. The highest BCUT2D eigenvalue weighted by molar-refractivity contribution is 7.92. The summed E-state index contributed by atoms with van der Waals surface area (Å²) < 4.78 is 26.6. The van der Waals surface area contributed by atoms with Crippen LogP contribution < -0.4 is 4.72 Å². The predicted octanol–water partition coefficient (Wildman–Crippen LogP) is 2.75. The molecule has 0 unspecified atom stereocenters. The van der Waals surface area contributed by atoms with Crippen molar-refractivity contribution in [2.45, 2.75) is 11.8 Å². The average molecular weight is 328 g/mol. The number of halogens is 1. The van der Waals surface area contributed by atoms with E-state index in [4.69, 9.17) is 11.6 Å². The van der Waals surface area contributed by atoms with Crippen LogP contribution in [0.1, 0.15) is 5.56 Å². The molecule has 0 aliphatic carbocycles. The summed E-state index contributed by atoms with van der Waals surface area (Å²) in [6, 6.07) is 7.25. The van der Waals surface area contributed by atoms with Crippen molar-refractivity contribution >= 4 is 33.0 Å². The zero-order chi connectivity index (χ0) is 15.6. The van der Waals surface area contributed by atoms with Crippen LogP contribution in [0.25, 0.3) is 0 Å². The molecule has 7 nitrogen and oxygen atoms in total. The highest BCUT2D eigenvalue weighted by atomic mass is 35.5. The predicted molar refractivity (Wildman–Crippen MR) is 77.9 cm³/mol. The Morgan fingerprint density at radius 2 is 1.86 bits per heavy atom. The Balaban J connectivity index is 2.44. The van der Waals surface area contributed by atoms with Crippen molar-refractivity contribution in [1.29, 1.82) is 0 Å². The minimum atomic E-state index is -3.94. The number of nitrogens with zero attached hydrogens (tertiary/aromatic N) is 2. The molecule has 0 bridgehead atoms. The molecule has 1 aromatic carbocycles. The Kier molecular flexibility index (Phi) is 4.10. The second-order valence-corrected chi connectivity index (χ2v) is 6.21. The minimum absolute atomic E-state index is 0.00432. The molecule has 0 radical (unpaired) electrons. The first-order chi connectivity index (χ1) is 9.81. The van der Waals surface area contributed by atoms with Crippen molar-refractivity contribution in [2.75, 3.05) is 4.72 Å². The van der Waals surface area contributed by atoms with Crippen molar-refractivity contribution in [2.24, 2.45) is 0 Å². The second-order valence-electron chi connectivity index (χ2n) is 4.17. The molecule has 0 aliphatic heterocycles. The molecule has 110 valence electrons. The number of aromatic nitrogens is 1. The Morgan fingerprint density at radius 1 is 1.24 bits per heavy atom. The number of aryl methyl sites for hydroxylation is 1. The number of anilines is 1. The van der Waals surface area contributed by atoms with Gasteiger partial charge in [0.1, 0.15) is 5.69 Å². The third-order valence-electron chi connectivity index (χ3n) is 2.64. The fraction of sp³-hybridized carbons (Fsp3) is 0.0833. The number of nitro groups is 1. The van der Waals surface area contributed by atoms with Crippen molar-refractivity contribution in [3.05, 3.63) is 57.4 Å². The average Bonchev–Trinajstić information content (AvgIpc) is 2.38. The van der Waals surface area contributed by atoms with Gasteiger partial charge in [-0.3, -0.25) is 14.8 Å². The van der Waals surface area contributed by atoms with E-state index in [1.807, 2.05) is 6.92 Å². The zero-order valence-electron chi connectivity index (χ0n) is 10.8. The van der Waals surface area contributed by atoms with E-state index in [-0.39, 0.29) is 15.7 Å². The van der Waals surface area contributed by atoms with E-state index in [0.717, 1.165) is 5.56 Å². The number of hydrogen-bond donors (Lipinski definition) is 1. The summed E-state index contributed by atoms with van der Waals surface area (Å²) in [6.07, 6.45) is 1.18.